The third-order valence-electron chi connectivity index (χ3n) is 6.92. The maximum Gasteiger partial charge on any atom is 0.388 e. The number of pyridine rings is 1. The first-order valence-corrected chi connectivity index (χ1v) is 13.0. The number of ketones is 1. The molecule has 7 nitrogen and oxygen atoms in total. The summed E-state index contributed by atoms with van der Waals surface area (Å²) < 4.78 is 82.9. The number of nitrogens with zero attached hydrogens (tertiary/aromatic N) is 2. The molecule has 1 aromatic heterocycles. The number of carbonyl (C=O) groups is 2. The van der Waals surface area contributed by atoms with Crippen LogP contribution in [-0.4, -0.2) is 43.2 Å². The van der Waals surface area contributed by atoms with E-state index >= 15 is 4.39 Å². The molecule has 2 aliphatic heterocycles. The lowest BCUT2D eigenvalue weighted by Crippen LogP contribution is -2.33. The highest BCUT2D eigenvalue weighted by Gasteiger charge is 2.47. The molecule has 0 aliphatic carbocycles. The zero-order valence-electron chi connectivity index (χ0n) is 19.8. The first-order chi connectivity index (χ1) is 16.6. The van der Waals surface area contributed by atoms with Crippen LogP contribution in [0, 0.1) is 17.0 Å². The first-order valence-electron chi connectivity index (χ1n) is 11.2. The first kappa shape index (κ1) is 26.1. The second kappa shape index (κ2) is 8.82. The van der Waals surface area contributed by atoms with Gasteiger partial charge >= 0.3 is 6.61 Å². The summed E-state index contributed by atoms with van der Waals surface area (Å²) >= 11 is 0. The lowest BCUT2D eigenvalue weighted by atomic mass is 9.78. The van der Waals surface area contributed by atoms with E-state index in [0.29, 0.717) is 6.20 Å². The Balaban J connectivity index is 1.72. The van der Waals surface area contributed by atoms with Crippen LogP contribution in [0.25, 0.3) is 0 Å². The van der Waals surface area contributed by atoms with Crippen molar-refractivity contribution in [2.45, 2.75) is 52.1 Å². The predicted octanol–water partition coefficient (Wildman–Crippen LogP) is 4.70. The summed E-state index contributed by atoms with van der Waals surface area (Å²) in [6, 6.07) is 3.01. The minimum atomic E-state index is -3.23. The smallest absolute Gasteiger partial charge is 0.388 e. The van der Waals surface area contributed by atoms with Crippen LogP contribution in [0.1, 0.15) is 56.0 Å². The molecule has 2 aromatic rings. The van der Waals surface area contributed by atoms with Crippen molar-refractivity contribution in [2.24, 2.45) is 5.41 Å². The number of amides is 1. The van der Waals surface area contributed by atoms with Crippen LogP contribution in [-0.2, 0) is 20.0 Å². The second-order valence-electron chi connectivity index (χ2n) is 10.0. The summed E-state index contributed by atoms with van der Waals surface area (Å²) in [6.07, 6.45) is 1.08. The molecule has 194 valence electrons. The predicted molar refractivity (Wildman–Crippen MR) is 122 cm³/mol. The minimum Gasteiger partial charge on any atom is -0.417 e. The van der Waals surface area contributed by atoms with E-state index in [4.69, 9.17) is 0 Å². The summed E-state index contributed by atoms with van der Waals surface area (Å²) in [5.41, 5.74) is -2.43. The van der Waals surface area contributed by atoms with Crippen molar-refractivity contribution in [3.63, 3.8) is 0 Å². The van der Waals surface area contributed by atoms with Crippen molar-refractivity contribution in [1.29, 1.82) is 0 Å². The van der Waals surface area contributed by atoms with E-state index in [1.165, 1.54) is 19.9 Å². The molecule has 0 N–H and O–H groups in total. The van der Waals surface area contributed by atoms with Gasteiger partial charge in [0.05, 0.1) is 40.1 Å². The number of alkyl halides is 2. The van der Waals surface area contributed by atoms with Gasteiger partial charge in [-0.3, -0.25) is 14.5 Å². The van der Waals surface area contributed by atoms with Crippen LogP contribution in [0.3, 0.4) is 0 Å². The Labute approximate surface area is 205 Å². The van der Waals surface area contributed by atoms with E-state index in [-0.39, 0.29) is 47.6 Å². The van der Waals surface area contributed by atoms with Gasteiger partial charge in [-0.25, -0.2) is 22.2 Å². The molecule has 1 fully saturated rings. The van der Waals surface area contributed by atoms with Crippen molar-refractivity contribution in [1.82, 2.24) is 4.98 Å². The normalized spacial score (nSPS) is 19.9. The van der Waals surface area contributed by atoms with Crippen molar-refractivity contribution in [3.05, 3.63) is 47.2 Å². The van der Waals surface area contributed by atoms with Crippen molar-refractivity contribution >= 4 is 32.9 Å². The summed E-state index contributed by atoms with van der Waals surface area (Å²) in [5, 5.41) is 0. The molecule has 4 rings (SSSR count). The van der Waals surface area contributed by atoms with E-state index in [0.717, 1.165) is 17.0 Å². The Morgan fingerprint density at radius 2 is 1.72 bits per heavy atom. The standard InChI is InChI=1S/C24H24F4N2O5S/c1-23(2)14-8-13(19(31)11-24(3)4-6-36(33,34)7-5-24)15(25)9-17(14)30(21(23)32)18-10-20(35-22(27)28)29-12-16(18)26/h8-10,12,22H,4-7,11H2,1-3H3. The fourth-order valence-electron chi connectivity index (χ4n) is 4.63. The average Bonchev–Trinajstić information content (AvgIpc) is 2.96. The molecule has 36 heavy (non-hydrogen) atoms. The molecule has 1 saturated heterocycles. The van der Waals surface area contributed by atoms with Gasteiger partial charge in [0, 0.05) is 12.5 Å². The lowest BCUT2D eigenvalue weighted by Gasteiger charge is -2.32. The van der Waals surface area contributed by atoms with Gasteiger partial charge in [-0.15, -0.1) is 0 Å². The number of Topliss-reactive ketones (excluding diaryl/α,β-unsaturated/α-hetero) is 1. The van der Waals surface area contributed by atoms with Crippen LogP contribution < -0.4 is 9.64 Å². The number of rotatable bonds is 6. The monoisotopic (exact) mass is 528 g/mol. The minimum absolute atomic E-state index is 0.0397. The van der Waals surface area contributed by atoms with Gasteiger partial charge in [-0.1, -0.05) is 6.92 Å². The molecule has 0 atom stereocenters. The molecular weight excluding hydrogens is 504 g/mol. The molecule has 12 heteroatoms. The molecule has 0 bridgehead atoms. The summed E-state index contributed by atoms with van der Waals surface area (Å²) in [6.45, 7) is 1.59. The molecule has 0 spiro atoms. The Bertz CT molecular complexity index is 1350. The summed E-state index contributed by atoms with van der Waals surface area (Å²) in [4.78, 5) is 30.7. The van der Waals surface area contributed by atoms with Crippen molar-refractivity contribution < 1.29 is 40.3 Å². The maximum atomic E-state index is 15.2. The van der Waals surface area contributed by atoms with Gasteiger partial charge in [0.1, 0.15) is 15.7 Å². The number of hydrogen-bond acceptors (Lipinski definition) is 6. The van der Waals surface area contributed by atoms with Gasteiger partial charge in [-0.05, 0) is 49.8 Å². The van der Waals surface area contributed by atoms with E-state index in [9.17, 15) is 31.2 Å². The van der Waals surface area contributed by atoms with Gasteiger partial charge in [0.25, 0.3) is 0 Å². The SMILES string of the molecule is CC1(CC(=O)c2cc3c(cc2F)N(c2cc(OC(F)F)ncc2F)C(=O)C3(C)C)CCS(=O)(=O)CC1. The Hall–Kier alpha value is -3.02. The number of carbonyl (C=O) groups excluding carboxylic acids is 2. The average molecular weight is 529 g/mol. The number of hydrogen-bond donors (Lipinski definition) is 0. The van der Waals surface area contributed by atoms with Gasteiger partial charge in [0.15, 0.2) is 11.6 Å². The van der Waals surface area contributed by atoms with E-state index < -0.39 is 62.2 Å². The zero-order chi connectivity index (χ0) is 26.6. The zero-order valence-corrected chi connectivity index (χ0v) is 20.6. The van der Waals surface area contributed by atoms with Gasteiger partial charge < -0.3 is 4.74 Å². The molecule has 1 aromatic carbocycles. The number of ether oxygens (including phenoxy) is 1. The molecule has 0 saturated carbocycles. The Kier molecular flexibility index (Phi) is 6.39. The quantitative estimate of drug-likeness (QED) is 0.399. The fraction of sp³-hybridized carbons (Fsp3) is 0.458. The van der Waals surface area contributed by atoms with Crippen molar-refractivity contribution in [2.75, 3.05) is 16.4 Å². The molecular formula is C24H24F4N2O5S. The molecule has 1 amide bonds. The van der Waals surface area contributed by atoms with Crippen molar-refractivity contribution in [3.8, 4) is 5.88 Å². The number of benzene rings is 1. The Morgan fingerprint density at radius 1 is 1.08 bits per heavy atom. The highest BCUT2D eigenvalue weighted by atomic mass is 32.2. The van der Waals surface area contributed by atoms with Crippen LogP contribution in [0.15, 0.2) is 24.4 Å². The van der Waals surface area contributed by atoms with Crippen LogP contribution in [0.5, 0.6) is 5.88 Å². The highest BCUT2D eigenvalue weighted by molar-refractivity contribution is 7.91. The van der Waals surface area contributed by atoms with E-state index in [2.05, 4.69) is 9.72 Å². The van der Waals surface area contributed by atoms with Gasteiger partial charge in [0.2, 0.25) is 11.8 Å². The molecule has 3 heterocycles. The number of sulfone groups is 1. The highest BCUT2D eigenvalue weighted by Crippen LogP contribution is 2.48. The van der Waals surface area contributed by atoms with Crippen LogP contribution >= 0.6 is 0 Å². The van der Waals surface area contributed by atoms with Gasteiger partial charge in [-0.2, -0.15) is 8.78 Å². The lowest BCUT2D eigenvalue weighted by molar-refractivity contribution is -0.121. The van der Waals surface area contributed by atoms with Crippen LogP contribution in [0.2, 0.25) is 0 Å². The molecule has 0 unspecified atom stereocenters. The third-order valence-corrected chi connectivity index (χ3v) is 8.57. The maximum absolute atomic E-state index is 15.2. The Morgan fingerprint density at radius 3 is 2.33 bits per heavy atom. The van der Waals surface area contributed by atoms with E-state index in [1.807, 2.05) is 0 Å². The number of anilines is 2. The number of halogens is 4. The number of aromatic nitrogens is 1. The largest absolute Gasteiger partial charge is 0.417 e. The number of fused-ring (bicyclic) bond motifs is 1. The fourth-order valence-corrected chi connectivity index (χ4v) is 6.44. The van der Waals surface area contributed by atoms with Crippen LogP contribution in [0.4, 0.5) is 28.9 Å². The topological polar surface area (TPSA) is 93.6 Å². The third kappa shape index (κ3) is 4.70. The molecule has 0 radical (unpaired) electrons. The summed E-state index contributed by atoms with van der Waals surface area (Å²) in [5.74, 6) is -3.89. The van der Waals surface area contributed by atoms with E-state index in [1.54, 1.807) is 6.92 Å². The summed E-state index contributed by atoms with van der Waals surface area (Å²) in [7, 11) is -3.15. The molecule has 2 aliphatic rings. The second-order valence-corrected chi connectivity index (χ2v) is 12.3.